The Bertz CT molecular complexity index is 1110. The van der Waals surface area contributed by atoms with E-state index in [1.807, 2.05) is 12.1 Å². The van der Waals surface area contributed by atoms with Gasteiger partial charge in [-0.05, 0) is 23.6 Å². The third-order valence-corrected chi connectivity index (χ3v) is 6.01. The number of hydrogen-bond acceptors (Lipinski definition) is 4. The molecule has 0 unspecified atom stereocenters. The van der Waals surface area contributed by atoms with Crippen LogP contribution in [0.5, 0.6) is 0 Å². The van der Waals surface area contributed by atoms with E-state index in [0.717, 1.165) is 16.7 Å². The minimum Gasteiger partial charge on any atom is -0.361 e. The van der Waals surface area contributed by atoms with E-state index < -0.39 is 5.60 Å². The summed E-state index contributed by atoms with van der Waals surface area (Å²) in [6, 6.07) is 16.6. The quantitative estimate of drug-likeness (QED) is 0.584. The van der Waals surface area contributed by atoms with E-state index in [1.54, 1.807) is 47.2 Å². The van der Waals surface area contributed by atoms with Crippen LogP contribution in [0, 0.1) is 6.92 Å². The van der Waals surface area contributed by atoms with Gasteiger partial charge in [-0.2, -0.15) is 0 Å². The Hall–Kier alpha value is -3.45. The molecule has 3 aromatic rings. The van der Waals surface area contributed by atoms with E-state index in [4.69, 9.17) is 4.74 Å². The lowest BCUT2D eigenvalue weighted by Crippen LogP contribution is -2.62. The number of aromatic nitrogens is 2. The number of morpholine rings is 1. The Morgan fingerprint density at radius 2 is 1.91 bits per heavy atom. The molecular formula is C26H30N4O3. The number of likely N-dealkylation sites (N-methyl/N-ethyl adjacent to an activating group) is 1. The molecule has 0 aliphatic carbocycles. The van der Waals surface area contributed by atoms with Crippen LogP contribution in [0.3, 0.4) is 0 Å². The maximum absolute atomic E-state index is 13.3. The van der Waals surface area contributed by atoms with Gasteiger partial charge in [0.05, 0.1) is 19.5 Å². The Morgan fingerprint density at radius 1 is 1.12 bits per heavy atom. The van der Waals surface area contributed by atoms with Crippen molar-refractivity contribution in [3.05, 3.63) is 78.4 Å². The van der Waals surface area contributed by atoms with Gasteiger partial charge in [-0.15, -0.1) is 0 Å². The normalized spacial score (nSPS) is 18.2. The van der Waals surface area contributed by atoms with Gasteiger partial charge < -0.3 is 19.1 Å². The Balaban J connectivity index is 1.55. The van der Waals surface area contributed by atoms with Gasteiger partial charge in [0, 0.05) is 39.5 Å². The standard InChI is InChI=1S/C26H30N4O3/c1-20-5-4-6-23(15-20)22-9-7-21(8-10-22)16-26(25(32)28(2)3)18-30(13-14-33-26)24(31)17-29-12-11-27-19-29/h4-12,15,19H,13-14,16-18H2,1-3H3/t26-/m1/s1. The van der Waals surface area contributed by atoms with Crippen LogP contribution in [-0.2, 0) is 27.3 Å². The fourth-order valence-corrected chi connectivity index (χ4v) is 4.32. The molecule has 0 radical (unpaired) electrons. The fourth-order valence-electron chi connectivity index (χ4n) is 4.32. The molecule has 0 N–H and O–H groups in total. The molecule has 1 fully saturated rings. The summed E-state index contributed by atoms with van der Waals surface area (Å²) in [4.78, 5) is 33.5. The second kappa shape index (κ2) is 9.58. The highest BCUT2D eigenvalue weighted by atomic mass is 16.5. The molecule has 1 saturated heterocycles. The molecular weight excluding hydrogens is 416 g/mol. The topological polar surface area (TPSA) is 67.7 Å². The highest BCUT2D eigenvalue weighted by Crippen LogP contribution is 2.28. The fraction of sp³-hybridized carbons (Fsp3) is 0.346. The average molecular weight is 447 g/mol. The van der Waals surface area contributed by atoms with Crippen LogP contribution in [0.4, 0.5) is 0 Å². The Morgan fingerprint density at radius 3 is 2.58 bits per heavy atom. The third-order valence-electron chi connectivity index (χ3n) is 6.01. The number of carbonyl (C=O) groups is 2. The van der Waals surface area contributed by atoms with Crippen molar-refractivity contribution >= 4 is 11.8 Å². The number of hydrogen-bond donors (Lipinski definition) is 0. The van der Waals surface area contributed by atoms with Gasteiger partial charge in [0.1, 0.15) is 6.54 Å². The van der Waals surface area contributed by atoms with Gasteiger partial charge in [0.25, 0.3) is 5.91 Å². The summed E-state index contributed by atoms with van der Waals surface area (Å²) >= 11 is 0. The number of ether oxygens (including phenoxy) is 1. The first kappa shape index (κ1) is 22.7. The van der Waals surface area contributed by atoms with Crippen LogP contribution in [0.1, 0.15) is 11.1 Å². The van der Waals surface area contributed by atoms with Crippen LogP contribution in [-0.4, -0.2) is 70.6 Å². The molecule has 2 aromatic carbocycles. The van der Waals surface area contributed by atoms with Crippen molar-refractivity contribution in [1.82, 2.24) is 19.4 Å². The molecule has 0 saturated carbocycles. The van der Waals surface area contributed by atoms with E-state index in [1.165, 1.54) is 5.56 Å². The lowest BCUT2D eigenvalue weighted by molar-refractivity contribution is -0.172. The zero-order valence-electron chi connectivity index (χ0n) is 19.4. The first-order valence-electron chi connectivity index (χ1n) is 11.1. The molecule has 2 amide bonds. The van der Waals surface area contributed by atoms with Crippen molar-refractivity contribution in [3.8, 4) is 11.1 Å². The van der Waals surface area contributed by atoms with Crippen molar-refractivity contribution in [2.24, 2.45) is 0 Å². The Labute approximate surface area is 194 Å². The molecule has 2 heterocycles. The number of rotatable bonds is 6. The van der Waals surface area contributed by atoms with Crippen LogP contribution < -0.4 is 0 Å². The molecule has 1 atom stereocenters. The van der Waals surface area contributed by atoms with Gasteiger partial charge in [0.2, 0.25) is 5.91 Å². The number of benzene rings is 2. The minimum absolute atomic E-state index is 0.0537. The molecule has 7 nitrogen and oxygen atoms in total. The zero-order valence-corrected chi connectivity index (χ0v) is 19.4. The maximum Gasteiger partial charge on any atom is 0.256 e. The SMILES string of the molecule is Cc1cccc(-c2ccc(C[C@]3(C(=O)N(C)C)CN(C(=O)Cn4ccnc4)CCO3)cc2)c1. The molecule has 1 aliphatic rings. The molecule has 1 aromatic heterocycles. The van der Waals surface area contributed by atoms with Gasteiger partial charge in [-0.25, -0.2) is 4.98 Å². The summed E-state index contributed by atoms with van der Waals surface area (Å²) in [5.41, 5.74) is 3.37. The van der Waals surface area contributed by atoms with Crippen LogP contribution in [0.2, 0.25) is 0 Å². The van der Waals surface area contributed by atoms with Crippen molar-refractivity contribution in [2.45, 2.75) is 25.5 Å². The van der Waals surface area contributed by atoms with Crippen LogP contribution in [0.15, 0.2) is 67.3 Å². The van der Waals surface area contributed by atoms with Gasteiger partial charge in [-0.1, -0.05) is 54.1 Å². The third kappa shape index (κ3) is 5.14. The van der Waals surface area contributed by atoms with E-state index in [0.29, 0.717) is 19.6 Å². The molecule has 1 aliphatic heterocycles. The summed E-state index contributed by atoms with van der Waals surface area (Å²) in [5.74, 6) is -0.188. The van der Waals surface area contributed by atoms with Crippen molar-refractivity contribution in [3.63, 3.8) is 0 Å². The van der Waals surface area contributed by atoms with Gasteiger partial charge in [-0.3, -0.25) is 9.59 Å². The number of amides is 2. The number of imidazole rings is 1. The van der Waals surface area contributed by atoms with Gasteiger partial charge >= 0.3 is 0 Å². The minimum atomic E-state index is -1.11. The van der Waals surface area contributed by atoms with Gasteiger partial charge in [0.15, 0.2) is 5.60 Å². The predicted molar refractivity (Wildman–Crippen MR) is 127 cm³/mol. The highest BCUT2D eigenvalue weighted by Gasteiger charge is 2.45. The highest BCUT2D eigenvalue weighted by molar-refractivity contribution is 5.87. The molecule has 33 heavy (non-hydrogen) atoms. The predicted octanol–water partition coefficient (Wildman–Crippen LogP) is 2.79. The number of aryl methyl sites for hydroxylation is 1. The van der Waals surface area contributed by atoms with E-state index >= 15 is 0 Å². The second-order valence-corrected chi connectivity index (χ2v) is 8.84. The molecule has 7 heteroatoms. The lowest BCUT2D eigenvalue weighted by atomic mass is 9.90. The van der Waals surface area contributed by atoms with Crippen LogP contribution >= 0.6 is 0 Å². The van der Waals surface area contributed by atoms with Crippen molar-refractivity contribution in [1.29, 1.82) is 0 Å². The summed E-state index contributed by atoms with van der Waals surface area (Å²) in [7, 11) is 3.45. The number of nitrogens with zero attached hydrogens (tertiary/aromatic N) is 4. The van der Waals surface area contributed by atoms with Crippen LogP contribution in [0.25, 0.3) is 11.1 Å². The molecule has 4 rings (SSSR count). The molecule has 0 bridgehead atoms. The summed E-state index contributed by atoms with van der Waals surface area (Å²) in [6.45, 7) is 3.27. The monoisotopic (exact) mass is 446 g/mol. The maximum atomic E-state index is 13.3. The summed E-state index contributed by atoms with van der Waals surface area (Å²) in [6.07, 6.45) is 5.42. The zero-order chi connectivity index (χ0) is 23.4. The number of carbonyl (C=O) groups excluding carboxylic acids is 2. The van der Waals surface area contributed by atoms with E-state index in [2.05, 4.69) is 48.3 Å². The Kier molecular flexibility index (Phi) is 6.60. The second-order valence-electron chi connectivity index (χ2n) is 8.84. The first-order chi connectivity index (χ1) is 15.9. The first-order valence-corrected chi connectivity index (χ1v) is 11.1. The largest absolute Gasteiger partial charge is 0.361 e. The average Bonchev–Trinajstić information content (AvgIpc) is 3.32. The molecule has 0 spiro atoms. The van der Waals surface area contributed by atoms with Crippen molar-refractivity contribution in [2.75, 3.05) is 33.8 Å². The lowest BCUT2D eigenvalue weighted by Gasteiger charge is -2.43. The molecule has 172 valence electrons. The van der Waals surface area contributed by atoms with E-state index in [9.17, 15) is 9.59 Å². The summed E-state index contributed by atoms with van der Waals surface area (Å²) in [5, 5.41) is 0. The van der Waals surface area contributed by atoms with E-state index in [-0.39, 0.29) is 24.9 Å². The smallest absolute Gasteiger partial charge is 0.256 e. The van der Waals surface area contributed by atoms with Crippen molar-refractivity contribution < 1.29 is 14.3 Å². The summed E-state index contributed by atoms with van der Waals surface area (Å²) < 4.78 is 7.87.